The monoisotopic (exact) mass is 158 g/mol. The van der Waals surface area contributed by atoms with Gasteiger partial charge in [0.2, 0.25) is 0 Å². The van der Waals surface area contributed by atoms with Crippen molar-refractivity contribution in [3.8, 4) is 0 Å². The van der Waals surface area contributed by atoms with Gasteiger partial charge < -0.3 is 9.84 Å². The molecule has 0 amide bonds. The number of hydrogen-bond acceptors (Lipinski definition) is 2. The molecule has 11 heavy (non-hydrogen) atoms. The van der Waals surface area contributed by atoms with Gasteiger partial charge in [-0.1, -0.05) is 20.3 Å². The summed E-state index contributed by atoms with van der Waals surface area (Å²) in [4.78, 5) is 0. The molecule has 0 aliphatic carbocycles. The summed E-state index contributed by atoms with van der Waals surface area (Å²) in [7, 11) is 0. The summed E-state index contributed by atoms with van der Waals surface area (Å²) in [6.45, 7) is 5.69. The average molecular weight is 158 g/mol. The summed E-state index contributed by atoms with van der Waals surface area (Å²) in [6.07, 6.45) is 2.67. The van der Waals surface area contributed by atoms with Crippen LogP contribution in [0.25, 0.3) is 0 Å². The zero-order valence-corrected chi connectivity index (χ0v) is 7.47. The Labute approximate surface area is 68.6 Å². The van der Waals surface area contributed by atoms with Gasteiger partial charge in [-0.25, -0.2) is 0 Å². The molecule has 0 aromatic heterocycles. The molecule has 2 nitrogen and oxygen atoms in total. The molecule has 1 saturated heterocycles. The molecule has 1 aliphatic rings. The summed E-state index contributed by atoms with van der Waals surface area (Å²) in [5.74, 6) is 0.409. The predicted octanol–water partition coefficient (Wildman–Crippen LogP) is 1.57. The van der Waals surface area contributed by atoms with Crippen molar-refractivity contribution in [1.82, 2.24) is 0 Å². The van der Waals surface area contributed by atoms with E-state index >= 15 is 0 Å². The van der Waals surface area contributed by atoms with E-state index in [1.54, 1.807) is 0 Å². The highest BCUT2D eigenvalue weighted by Crippen LogP contribution is 2.30. The lowest BCUT2D eigenvalue weighted by molar-refractivity contribution is -0.0957. The molecule has 0 bridgehead atoms. The maximum atomic E-state index is 10.1. The van der Waals surface area contributed by atoms with Gasteiger partial charge in [-0.3, -0.25) is 0 Å². The first-order chi connectivity index (χ1) is 5.19. The molecule has 1 fully saturated rings. The van der Waals surface area contributed by atoms with Gasteiger partial charge in [0.15, 0.2) is 0 Å². The van der Waals surface area contributed by atoms with Crippen LogP contribution in [-0.4, -0.2) is 23.9 Å². The third kappa shape index (κ3) is 1.94. The lowest BCUT2D eigenvalue weighted by Gasteiger charge is -2.36. The Bertz CT molecular complexity index is 117. The lowest BCUT2D eigenvalue weighted by Crippen LogP contribution is -2.41. The minimum Gasteiger partial charge on any atom is -0.389 e. The van der Waals surface area contributed by atoms with E-state index in [1.165, 1.54) is 0 Å². The standard InChI is InChI=1S/C9H18O2/c1-3-8(2)9(10)4-6-11-7-5-9/h8,10H,3-7H2,1-2H3. The molecule has 0 aromatic rings. The second-order valence-electron chi connectivity index (χ2n) is 3.53. The molecule has 0 aromatic carbocycles. The van der Waals surface area contributed by atoms with Crippen LogP contribution in [0.3, 0.4) is 0 Å². The molecular formula is C9H18O2. The summed E-state index contributed by atoms with van der Waals surface area (Å²) in [6, 6.07) is 0. The number of hydrogen-bond donors (Lipinski definition) is 1. The van der Waals surface area contributed by atoms with Crippen LogP contribution in [0.5, 0.6) is 0 Å². The van der Waals surface area contributed by atoms with Gasteiger partial charge in [0.1, 0.15) is 0 Å². The van der Waals surface area contributed by atoms with Gasteiger partial charge in [-0.05, 0) is 18.8 Å². The zero-order valence-electron chi connectivity index (χ0n) is 7.47. The third-order valence-electron chi connectivity index (χ3n) is 2.89. The minimum absolute atomic E-state index is 0.409. The van der Waals surface area contributed by atoms with Crippen LogP contribution < -0.4 is 0 Å². The van der Waals surface area contributed by atoms with Gasteiger partial charge in [-0.2, -0.15) is 0 Å². The highest BCUT2D eigenvalue weighted by Gasteiger charge is 2.34. The van der Waals surface area contributed by atoms with Crippen molar-refractivity contribution in [3.05, 3.63) is 0 Å². The highest BCUT2D eigenvalue weighted by atomic mass is 16.5. The molecule has 1 N–H and O–H groups in total. The first-order valence-corrected chi connectivity index (χ1v) is 4.49. The van der Waals surface area contributed by atoms with E-state index in [4.69, 9.17) is 4.74 Å². The molecule has 1 rings (SSSR count). The third-order valence-corrected chi connectivity index (χ3v) is 2.89. The summed E-state index contributed by atoms with van der Waals surface area (Å²) in [5, 5.41) is 10.1. The van der Waals surface area contributed by atoms with E-state index in [2.05, 4.69) is 13.8 Å². The molecule has 1 unspecified atom stereocenters. The van der Waals surface area contributed by atoms with Crippen molar-refractivity contribution in [2.24, 2.45) is 5.92 Å². The SMILES string of the molecule is CCC(C)C1(O)CCOCC1. The zero-order chi connectivity index (χ0) is 8.32. The number of aliphatic hydroxyl groups is 1. The molecule has 1 aliphatic heterocycles. The molecule has 0 saturated carbocycles. The maximum absolute atomic E-state index is 10.1. The van der Waals surface area contributed by atoms with E-state index in [-0.39, 0.29) is 0 Å². The van der Waals surface area contributed by atoms with Gasteiger partial charge in [-0.15, -0.1) is 0 Å². The van der Waals surface area contributed by atoms with Crippen molar-refractivity contribution in [2.75, 3.05) is 13.2 Å². The van der Waals surface area contributed by atoms with E-state index in [0.717, 1.165) is 32.5 Å². The predicted molar refractivity (Wildman–Crippen MR) is 44.5 cm³/mol. The Hall–Kier alpha value is -0.0800. The van der Waals surface area contributed by atoms with Crippen molar-refractivity contribution >= 4 is 0 Å². The van der Waals surface area contributed by atoms with E-state index in [0.29, 0.717) is 5.92 Å². The Balaban J connectivity index is 2.49. The molecule has 0 radical (unpaired) electrons. The number of rotatable bonds is 2. The van der Waals surface area contributed by atoms with Gasteiger partial charge in [0.25, 0.3) is 0 Å². The van der Waals surface area contributed by atoms with Crippen LogP contribution in [-0.2, 0) is 4.74 Å². The van der Waals surface area contributed by atoms with Crippen LogP contribution in [0.1, 0.15) is 33.1 Å². The highest BCUT2D eigenvalue weighted by molar-refractivity contribution is 4.85. The quantitative estimate of drug-likeness (QED) is 0.661. The Morgan fingerprint density at radius 3 is 2.45 bits per heavy atom. The molecule has 1 heterocycles. The second-order valence-corrected chi connectivity index (χ2v) is 3.53. The molecule has 66 valence electrons. The topological polar surface area (TPSA) is 29.5 Å². The first kappa shape index (κ1) is 9.01. The lowest BCUT2D eigenvalue weighted by atomic mass is 9.81. The van der Waals surface area contributed by atoms with Crippen LogP contribution in [0.2, 0.25) is 0 Å². The fraction of sp³-hybridized carbons (Fsp3) is 1.00. The van der Waals surface area contributed by atoms with Crippen LogP contribution in [0, 0.1) is 5.92 Å². The Morgan fingerprint density at radius 1 is 1.45 bits per heavy atom. The second kappa shape index (κ2) is 3.55. The van der Waals surface area contributed by atoms with Crippen LogP contribution in [0.15, 0.2) is 0 Å². The van der Waals surface area contributed by atoms with Crippen molar-refractivity contribution in [2.45, 2.75) is 38.7 Å². The smallest absolute Gasteiger partial charge is 0.0716 e. The molecule has 0 spiro atoms. The normalized spacial score (nSPS) is 26.5. The van der Waals surface area contributed by atoms with E-state index in [1.807, 2.05) is 0 Å². The molecular weight excluding hydrogens is 140 g/mol. The van der Waals surface area contributed by atoms with Crippen LogP contribution >= 0.6 is 0 Å². The molecule has 2 heteroatoms. The van der Waals surface area contributed by atoms with Gasteiger partial charge in [0, 0.05) is 13.2 Å². The molecule has 1 atom stereocenters. The van der Waals surface area contributed by atoms with Crippen LogP contribution in [0.4, 0.5) is 0 Å². The van der Waals surface area contributed by atoms with Crippen molar-refractivity contribution < 1.29 is 9.84 Å². The van der Waals surface area contributed by atoms with E-state index in [9.17, 15) is 5.11 Å². The van der Waals surface area contributed by atoms with Crippen molar-refractivity contribution in [1.29, 1.82) is 0 Å². The van der Waals surface area contributed by atoms with Crippen molar-refractivity contribution in [3.63, 3.8) is 0 Å². The van der Waals surface area contributed by atoms with Gasteiger partial charge >= 0.3 is 0 Å². The maximum Gasteiger partial charge on any atom is 0.0716 e. The van der Waals surface area contributed by atoms with E-state index < -0.39 is 5.60 Å². The fourth-order valence-corrected chi connectivity index (χ4v) is 1.60. The summed E-state index contributed by atoms with van der Waals surface area (Å²) >= 11 is 0. The van der Waals surface area contributed by atoms with Gasteiger partial charge in [0.05, 0.1) is 5.60 Å². The largest absolute Gasteiger partial charge is 0.389 e. The fourth-order valence-electron chi connectivity index (χ4n) is 1.60. The first-order valence-electron chi connectivity index (χ1n) is 4.49. The number of ether oxygens (including phenoxy) is 1. The summed E-state index contributed by atoms with van der Waals surface area (Å²) in [5.41, 5.74) is -0.437. The average Bonchev–Trinajstić information content (AvgIpc) is 2.04. The summed E-state index contributed by atoms with van der Waals surface area (Å²) < 4.78 is 5.20. The minimum atomic E-state index is -0.437. The Morgan fingerprint density at radius 2 is 2.00 bits per heavy atom. The Kier molecular flexibility index (Phi) is 2.90.